The van der Waals surface area contributed by atoms with E-state index in [1.807, 2.05) is 38.2 Å². The highest BCUT2D eigenvalue weighted by Crippen LogP contribution is 2.22. The number of rotatable bonds is 3. The summed E-state index contributed by atoms with van der Waals surface area (Å²) in [6.07, 6.45) is 5.34. The minimum atomic E-state index is -0.502. The zero-order chi connectivity index (χ0) is 14.0. The van der Waals surface area contributed by atoms with E-state index < -0.39 is 5.79 Å². The average Bonchev–Trinajstić information content (AvgIpc) is 2.96. The first-order valence-corrected chi connectivity index (χ1v) is 6.63. The minimum Gasteiger partial charge on any atom is -0.375 e. The van der Waals surface area contributed by atoms with Crippen molar-refractivity contribution in [2.24, 2.45) is 0 Å². The van der Waals surface area contributed by atoms with E-state index in [-0.39, 0.29) is 6.04 Å². The van der Waals surface area contributed by atoms with Gasteiger partial charge in [-0.3, -0.25) is 0 Å². The van der Waals surface area contributed by atoms with E-state index >= 15 is 0 Å². The third-order valence-electron chi connectivity index (χ3n) is 3.13. The van der Waals surface area contributed by atoms with Crippen LogP contribution in [0, 0.1) is 0 Å². The van der Waals surface area contributed by atoms with Crippen LogP contribution < -0.4 is 5.32 Å². The van der Waals surface area contributed by atoms with Crippen LogP contribution in [0.4, 0.5) is 5.69 Å². The molecule has 0 aliphatic carbocycles. The summed E-state index contributed by atoms with van der Waals surface area (Å²) in [4.78, 5) is 4.37. The van der Waals surface area contributed by atoms with Gasteiger partial charge in [0, 0.05) is 18.6 Å². The smallest absolute Gasteiger partial charge is 0.176 e. The van der Waals surface area contributed by atoms with Crippen molar-refractivity contribution in [3.8, 4) is 5.82 Å². The van der Waals surface area contributed by atoms with Gasteiger partial charge in [0.2, 0.25) is 0 Å². The highest BCUT2D eigenvalue weighted by Gasteiger charge is 2.28. The van der Waals surface area contributed by atoms with Gasteiger partial charge in [-0.25, -0.2) is 9.67 Å². The van der Waals surface area contributed by atoms with Crippen LogP contribution in [0.15, 0.2) is 36.8 Å². The van der Waals surface area contributed by atoms with Crippen molar-refractivity contribution in [1.82, 2.24) is 14.8 Å². The van der Waals surface area contributed by atoms with Crippen molar-refractivity contribution in [2.45, 2.75) is 25.7 Å². The van der Waals surface area contributed by atoms with Crippen LogP contribution in [0.3, 0.4) is 0 Å². The van der Waals surface area contributed by atoms with Crippen LogP contribution in [0.1, 0.15) is 13.8 Å². The van der Waals surface area contributed by atoms with Crippen molar-refractivity contribution in [2.75, 3.05) is 18.5 Å². The molecule has 0 unspecified atom stereocenters. The Bertz CT molecular complexity index is 558. The number of hydrogen-bond donors (Lipinski definition) is 1. The summed E-state index contributed by atoms with van der Waals surface area (Å²) in [7, 11) is 0. The summed E-state index contributed by atoms with van der Waals surface area (Å²) < 4.78 is 13.0. The molecule has 1 N–H and O–H groups in total. The van der Waals surface area contributed by atoms with Crippen molar-refractivity contribution in [3.05, 3.63) is 36.8 Å². The zero-order valence-corrected chi connectivity index (χ0v) is 11.6. The van der Waals surface area contributed by atoms with Crippen LogP contribution in [0.2, 0.25) is 0 Å². The first-order valence-electron chi connectivity index (χ1n) is 6.63. The lowest BCUT2D eigenvalue weighted by molar-refractivity contribution is -0.247. The SMILES string of the molecule is CC1(C)OCC(Nc2cccnc2-n2cccn2)CO1. The molecule has 20 heavy (non-hydrogen) atoms. The predicted octanol–water partition coefficient (Wildman–Crippen LogP) is 1.83. The average molecular weight is 274 g/mol. The summed E-state index contributed by atoms with van der Waals surface area (Å²) in [6.45, 7) is 5.03. The highest BCUT2D eigenvalue weighted by molar-refractivity contribution is 5.56. The van der Waals surface area contributed by atoms with Crippen molar-refractivity contribution in [1.29, 1.82) is 0 Å². The molecule has 6 heteroatoms. The number of nitrogens with one attached hydrogen (secondary N) is 1. The van der Waals surface area contributed by atoms with Gasteiger partial charge < -0.3 is 14.8 Å². The monoisotopic (exact) mass is 274 g/mol. The molecule has 1 fully saturated rings. The van der Waals surface area contributed by atoms with E-state index in [9.17, 15) is 0 Å². The van der Waals surface area contributed by atoms with Crippen LogP contribution in [0.5, 0.6) is 0 Å². The molecular formula is C14H18N4O2. The Morgan fingerprint density at radius 1 is 1.25 bits per heavy atom. The number of ether oxygens (including phenoxy) is 2. The molecule has 3 rings (SSSR count). The number of hydrogen-bond acceptors (Lipinski definition) is 5. The van der Waals surface area contributed by atoms with Crippen LogP contribution in [-0.4, -0.2) is 39.8 Å². The normalized spacial score (nSPS) is 18.9. The summed E-state index contributed by atoms with van der Waals surface area (Å²) in [5, 5.41) is 7.62. The van der Waals surface area contributed by atoms with Gasteiger partial charge in [-0.15, -0.1) is 0 Å². The summed E-state index contributed by atoms with van der Waals surface area (Å²) >= 11 is 0. The van der Waals surface area contributed by atoms with E-state index in [0.29, 0.717) is 13.2 Å². The fourth-order valence-corrected chi connectivity index (χ4v) is 2.08. The lowest BCUT2D eigenvalue weighted by atomic mass is 10.2. The Labute approximate surface area is 117 Å². The van der Waals surface area contributed by atoms with Gasteiger partial charge in [-0.1, -0.05) is 0 Å². The van der Waals surface area contributed by atoms with Gasteiger partial charge in [0.15, 0.2) is 11.6 Å². The van der Waals surface area contributed by atoms with Crippen molar-refractivity contribution in [3.63, 3.8) is 0 Å². The Balaban J connectivity index is 1.75. The molecule has 0 atom stereocenters. The third kappa shape index (κ3) is 2.81. The second-order valence-corrected chi connectivity index (χ2v) is 5.19. The largest absolute Gasteiger partial charge is 0.375 e. The van der Waals surface area contributed by atoms with Gasteiger partial charge in [-0.2, -0.15) is 5.10 Å². The van der Waals surface area contributed by atoms with E-state index in [2.05, 4.69) is 15.4 Å². The molecule has 2 aromatic rings. The molecule has 0 bridgehead atoms. The van der Waals surface area contributed by atoms with E-state index in [0.717, 1.165) is 11.5 Å². The summed E-state index contributed by atoms with van der Waals surface area (Å²) in [5.74, 6) is 0.264. The lowest BCUT2D eigenvalue weighted by Crippen LogP contribution is -2.45. The van der Waals surface area contributed by atoms with Crippen LogP contribution in [-0.2, 0) is 9.47 Å². The number of nitrogens with zero attached hydrogens (tertiary/aromatic N) is 3. The van der Waals surface area contributed by atoms with Gasteiger partial charge >= 0.3 is 0 Å². The molecule has 6 nitrogen and oxygen atoms in total. The maximum Gasteiger partial charge on any atom is 0.176 e. The molecule has 0 saturated carbocycles. The first-order chi connectivity index (χ1) is 9.64. The van der Waals surface area contributed by atoms with E-state index in [1.165, 1.54) is 0 Å². The lowest BCUT2D eigenvalue weighted by Gasteiger charge is -2.35. The molecule has 1 aliphatic heterocycles. The summed E-state index contributed by atoms with van der Waals surface area (Å²) in [5.41, 5.74) is 0.910. The molecule has 0 spiro atoms. The van der Waals surface area contributed by atoms with Gasteiger partial charge in [-0.05, 0) is 32.0 Å². The topological polar surface area (TPSA) is 61.2 Å². The number of aromatic nitrogens is 3. The first kappa shape index (κ1) is 13.1. The fraction of sp³-hybridized carbons (Fsp3) is 0.429. The standard InChI is InChI=1S/C14H18N4O2/c1-14(2)19-9-11(10-20-14)17-12-5-3-6-15-13(12)18-8-4-7-16-18/h3-8,11,17H,9-10H2,1-2H3. The second kappa shape index (κ2) is 5.22. The molecule has 106 valence electrons. The Kier molecular flexibility index (Phi) is 3.42. The molecule has 3 heterocycles. The van der Waals surface area contributed by atoms with E-state index in [1.54, 1.807) is 17.1 Å². The van der Waals surface area contributed by atoms with Gasteiger partial charge in [0.25, 0.3) is 0 Å². The van der Waals surface area contributed by atoms with Crippen LogP contribution in [0.25, 0.3) is 5.82 Å². The predicted molar refractivity (Wildman–Crippen MR) is 74.8 cm³/mol. The molecule has 0 amide bonds. The van der Waals surface area contributed by atoms with Gasteiger partial charge in [0.05, 0.1) is 24.9 Å². The Morgan fingerprint density at radius 3 is 2.75 bits per heavy atom. The molecular weight excluding hydrogens is 256 g/mol. The third-order valence-corrected chi connectivity index (χ3v) is 3.13. The van der Waals surface area contributed by atoms with Gasteiger partial charge in [0.1, 0.15) is 0 Å². The molecule has 0 radical (unpaired) electrons. The Morgan fingerprint density at radius 2 is 2.05 bits per heavy atom. The summed E-state index contributed by atoms with van der Waals surface area (Å²) in [6, 6.07) is 5.84. The quantitative estimate of drug-likeness (QED) is 0.925. The number of anilines is 1. The highest BCUT2D eigenvalue weighted by atomic mass is 16.7. The van der Waals surface area contributed by atoms with E-state index in [4.69, 9.17) is 9.47 Å². The molecule has 2 aromatic heterocycles. The minimum absolute atomic E-state index is 0.0986. The number of pyridine rings is 1. The molecule has 1 aliphatic rings. The maximum atomic E-state index is 5.65. The Hall–Kier alpha value is -1.92. The zero-order valence-electron chi connectivity index (χ0n) is 11.6. The van der Waals surface area contributed by atoms with Crippen molar-refractivity contribution >= 4 is 5.69 Å². The van der Waals surface area contributed by atoms with Crippen LogP contribution >= 0.6 is 0 Å². The van der Waals surface area contributed by atoms with Crippen molar-refractivity contribution < 1.29 is 9.47 Å². The molecule has 0 aromatic carbocycles. The molecule has 1 saturated heterocycles. The fourth-order valence-electron chi connectivity index (χ4n) is 2.08. The maximum absolute atomic E-state index is 5.65. The second-order valence-electron chi connectivity index (χ2n) is 5.19.